The second kappa shape index (κ2) is 8.87. The van der Waals surface area contributed by atoms with E-state index in [1.807, 2.05) is 0 Å². The van der Waals surface area contributed by atoms with Gasteiger partial charge in [-0.1, -0.05) is 6.92 Å². The van der Waals surface area contributed by atoms with Gasteiger partial charge in [0.15, 0.2) is 5.78 Å². The zero-order chi connectivity index (χ0) is 21.9. The Morgan fingerprint density at radius 1 is 1.17 bits per heavy atom. The first-order valence-corrected chi connectivity index (χ1v) is 10.5. The van der Waals surface area contributed by atoms with E-state index in [1.54, 1.807) is 32.4 Å². The molecule has 0 atom stereocenters. The first-order valence-electron chi connectivity index (χ1n) is 9.09. The number of rotatable bonds is 8. The van der Waals surface area contributed by atoms with Gasteiger partial charge in [-0.2, -0.15) is 4.31 Å². The molecule has 0 aliphatic rings. The lowest BCUT2D eigenvalue weighted by molar-refractivity contribution is 0.0588. The molecule has 29 heavy (non-hydrogen) atoms. The molecule has 0 aliphatic carbocycles. The van der Waals surface area contributed by atoms with Gasteiger partial charge in [0.05, 0.1) is 18.6 Å². The SMILES string of the molecule is CCCN(CC(=O)c1c(C)c(C(=O)OC)n(C)c1C)S(=O)(=O)c1ccc(F)cc1. The van der Waals surface area contributed by atoms with Crippen LogP contribution in [0.3, 0.4) is 0 Å². The first-order chi connectivity index (χ1) is 13.6. The van der Waals surface area contributed by atoms with E-state index in [0.29, 0.717) is 23.2 Å². The van der Waals surface area contributed by atoms with Crippen molar-refractivity contribution in [3.05, 3.63) is 52.6 Å². The summed E-state index contributed by atoms with van der Waals surface area (Å²) < 4.78 is 46.5. The van der Waals surface area contributed by atoms with Gasteiger partial charge >= 0.3 is 5.97 Å². The van der Waals surface area contributed by atoms with Crippen LogP contribution in [0.5, 0.6) is 0 Å². The van der Waals surface area contributed by atoms with Crippen LogP contribution in [-0.2, 0) is 21.8 Å². The van der Waals surface area contributed by atoms with Crippen LogP contribution in [0.15, 0.2) is 29.2 Å². The van der Waals surface area contributed by atoms with E-state index in [-0.39, 0.29) is 23.7 Å². The molecule has 1 aromatic carbocycles. The molecule has 0 bridgehead atoms. The van der Waals surface area contributed by atoms with Gasteiger partial charge in [-0.3, -0.25) is 4.79 Å². The largest absolute Gasteiger partial charge is 0.464 e. The fourth-order valence-corrected chi connectivity index (χ4v) is 4.79. The number of esters is 1. The third-order valence-corrected chi connectivity index (χ3v) is 6.69. The van der Waals surface area contributed by atoms with Gasteiger partial charge < -0.3 is 9.30 Å². The Morgan fingerprint density at radius 2 is 1.76 bits per heavy atom. The predicted molar refractivity (Wildman–Crippen MR) is 106 cm³/mol. The van der Waals surface area contributed by atoms with Crippen LogP contribution in [0, 0.1) is 19.7 Å². The maximum absolute atomic E-state index is 13.2. The van der Waals surface area contributed by atoms with Crippen molar-refractivity contribution in [1.29, 1.82) is 0 Å². The summed E-state index contributed by atoms with van der Waals surface area (Å²) >= 11 is 0. The van der Waals surface area contributed by atoms with Crippen molar-refractivity contribution in [2.24, 2.45) is 7.05 Å². The predicted octanol–water partition coefficient (Wildman–Crippen LogP) is 2.85. The number of nitrogens with zero attached hydrogens (tertiary/aromatic N) is 2. The molecule has 0 spiro atoms. The number of carbonyl (C=O) groups excluding carboxylic acids is 2. The number of methoxy groups -OCH3 is 1. The molecule has 0 aliphatic heterocycles. The van der Waals surface area contributed by atoms with Crippen molar-refractivity contribution in [2.75, 3.05) is 20.2 Å². The summed E-state index contributed by atoms with van der Waals surface area (Å²) in [5, 5.41) is 0. The summed E-state index contributed by atoms with van der Waals surface area (Å²) in [5.74, 6) is -1.55. The Kier molecular flexibility index (Phi) is 6.97. The summed E-state index contributed by atoms with van der Waals surface area (Å²) in [6.07, 6.45) is 0.494. The Labute approximate surface area is 170 Å². The number of hydrogen-bond donors (Lipinski definition) is 0. The Morgan fingerprint density at radius 3 is 2.28 bits per heavy atom. The topological polar surface area (TPSA) is 85.7 Å². The molecular formula is C20H25FN2O5S. The molecule has 2 aromatic rings. The Hall–Kier alpha value is -2.52. The molecule has 0 amide bonds. The zero-order valence-electron chi connectivity index (χ0n) is 17.2. The van der Waals surface area contributed by atoms with Crippen molar-refractivity contribution in [2.45, 2.75) is 32.1 Å². The van der Waals surface area contributed by atoms with Gasteiger partial charge in [0.1, 0.15) is 11.5 Å². The summed E-state index contributed by atoms with van der Waals surface area (Å²) in [7, 11) is -1.09. The molecule has 7 nitrogen and oxygen atoms in total. The summed E-state index contributed by atoms with van der Waals surface area (Å²) in [6, 6.07) is 4.47. The molecule has 0 N–H and O–H groups in total. The molecule has 9 heteroatoms. The van der Waals surface area contributed by atoms with Crippen LogP contribution in [0.1, 0.15) is 45.4 Å². The maximum atomic E-state index is 13.2. The first kappa shape index (κ1) is 22.8. The minimum absolute atomic E-state index is 0.0862. The Bertz CT molecular complexity index is 1030. The van der Waals surface area contributed by atoms with Crippen molar-refractivity contribution < 1.29 is 27.1 Å². The number of halogens is 1. The summed E-state index contributed by atoms with van der Waals surface area (Å²) in [5.41, 5.74) is 1.53. The highest BCUT2D eigenvalue weighted by molar-refractivity contribution is 7.89. The van der Waals surface area contributed by atoms with Crippen LogP contribution < -0.4 is 0 Å². The van der Waals surface area contributed by atoms with Crippen LogP contribution >= 0.6 is 0 Å². The minimum Gasteiger partial charge on any atom is -0.464 e. The number of ketones is 1. The standard InChI is InChI=1S/C20H25FN2O5S/c1-6-11-23(29(26,27)16-9-7-15(21)8-10-16)12-17(24)18-13(2)19(20(25)28-5)22(4)14(18)3/h7-10H,6,11-12H2,1-5H3. The molecule has 0 radical (unpaired) electrons. The highest BCUT2D eigenvalue weighted by Crippen LogP contribution is 2.24. The number of ether oxygens (including phenoxy) is 1. The number of sulfonamides is 1. The minimum atomic E-state index is -3.99. The summed E-state index contributed by atoms with van der Waals surface area (Å²) in [4.78, 5) is 25.0. The molecule has 0 unspecified atom stereocenters. The third-order valence-electron chi connectivity index (χ3n) is 4.83. The average molecular weight is 424 g/mol. The van der Waals surface area contributed by atoms with Gasteiger partial charge in [0.25, 0.3) is 0 Å². The zero-order valence-corrected chi connectivity index (χ0v) is 18.0. The van der Waals surface area contributed by atoms with E-state index in [9.17, 15) is 22.4 Å². The Balaban J connectivity index is 2.43. The summed E-state index contributed by atoms with van der Waals surface area (Å²) in [6.45, 7) is 4.85. The van der Waals surface area contributed by atoms with Crippen molar-refractivity contribution in [3.8, 4) is 0 Å². The number of carbonyl (C=O) groups is 2. The van der Waals surface area contributed by atoms with E-state index >= 15 is 0 Å². The molecule has 0 saturated heterocycles. The van der Waals surface area contributed by atoms with Crippen LogP contribution in [0.2, 0.25) is 0 Å². The highest BCUT2D eigenvalue weighted by atomic mass is 32.2. The van der Waals surface area contributed by atoms with Crippen molar-refractivity contribution in [1.82, 2.24) is 8.87 Å². The van der Waals surface area contributed by atoms with Crippen LogP contribution in [0.25, 0.3) is 0 Å². The number of aromatic nitrogens is 1. The highest BCUT2D eigenvalue weighted by Gasteiger charge is 2.30. The molecule has 1 aromatic heterocycles. The molecule has 0 fully saturated rings. The van der Waals surface area contributed by atoms with Gasteiger partial charge in [-0.15, -0.1) is 0 Å². The van der Waals surface area contributed by atoms with E-state index in [1.165, 1.54) is 19.2 Å². The van der Waals surface area contributed by atoms with Crippen LogP contribution in [0.4, 0.5) is 4.39 Å². The van der Waals surface area contributed by atoms with Gasteiger partial charge in [-0.25, -0.2) is 17.6 Å². The average Bonchev–Trinajstić information content (AvgIpc) is 2.89. The smallest absolute Gasteiger partial charge is 0.354 e. The normalized spacial score (nSPS) is 11.7. The second-order valence-electron chi connectivity index (χ2n) is 6.70. The van der Waals surface area contributed by atoms with E-state index in [4.69, 9.17) is 4.74 Å². The molecule has 0 saturated carbocycles. The van der Waals surface area contributed by atoms with E-state index in [0.717, 1.165) is 16.4 Å². The molecule has 158 valence electrons. The lowest BCUT2D eigenvalue weighted by atomic mass is 10.1. The second-order valence-corrected chi connectivity index (χ2v) is 8.64. The van der Waals surface area contributed by atoms with Gasteiger partial charge in [0.2, 0.25) is 10.0 Å². The van der Waals surface area contributed by atoms with E-state index < -0.39 is 27.6 Å². The number of Topliss-reactive ketones (excluding diaryl/α,β-unsaturated/α-hetero) is 1. The van der Waals surface area contributed by atoms with Gasteiger partial charge in [-0.05, 0) is 50.1 Å². The lowest BCUT2D eigenvalue weighted by Gasteiger charge is -2.21. The van der Waals surface area contributed by atoms with Crippen molar-refractivity contribution >= 4 is 21.8 Å². The van der Waals surface area contributed by atoms with Gasteiger partial charge in [0, 0.05) is 24.8 Å². The monoisotopic (exact) mass is 424 g/mol. The van der Waals surface area contributed by atoms with Crippen molar-refractivity contribution in [3.63, 3.8) is 0 Å². The van der Waals surface area contributed by atoms with Crippen LogP contribution in [-0.4, -0.2) is 49.2 Å². The lowest BCUT2D eigenvalue weighted by Crippen LogP contribution is -2.36. The molecular weight excluding hydrogens is 399 g/mol. The maximum Gasteiger partial charge on any atom is 0.354 e. The molecule has 1 heterocycles. The number of benzene rings is 1. The molecule has 2 rings (SSSR count). The number of hydrogen-bond acceptors (Lipinski definition) is 5. The quantitative estimate of drug-likeness (QED) is 0.481. The fraction of sp³-hybridized carbons (Fsp3) is 0.400. The third kappa shape index (κ3) is 4.40. The fourth-order valence-electron chi connectivity index (χ4n) is 3.30. The van der Waals surface area contributed by atoms with E-state index in [2.05, 4.69) is 0 Å².